The summed E-state index contributed by atoms with van der Waals surface area (Å²) in [4.78, 5) is 0. The van der Waals surface area contributed by atoms with Gasteiger partial charge in [-0.15, -0.1) is 0 Å². The summed E-state index contributed by atoms with van der Waals surface area (Å²) >= 11 is 3.26. The molecule has 0 unspecified atom stereocenters. The Morgan fingerprint density at radius 3 is 2.41 bits per heavy atom. The Balaban J connectivity index is 2.68. The molecule has 1 aromatic rings. The first-order valence-corrected chi connectivity index (χ1v) is 9.08. The maximum absolute atomic E-state index is 11.4. The minimum absolute atomic E-state index is 0.0668. The molecule has 8 heteroatoms. The molecular weight excluding hydrogens is 330 g/mol. The summed E-state index contributed by atoms with van der Waals surface area (Å²) in [6, 6.07) is 7.08. The van der Waals surface area contributed by atoms with Crippen LogP contribution in [0.3, 0.4) is 0 Å². The van der Waals surface area contributed by atoms with Crippen molar-refractivity contribution in [1.29, 1.82) is 0 Å². The predicted octanol–water partition coefficient (Wildman–Crippen LogP) is 0.871. The molecule has 1 aromatic carbocycles. The van der Waals surface area contributed by atoms with Gasteiger partial charge in [0, 0.05) is 17.3 Å². The standard InChI is InChI=1S/C9H12BrNO4S2/c1-16(12,13)7-17(14,15)11-6-8-3-2-4-9(10)5-8/h2-5,11H,6-7H2,1H3. The van der Waals surface area contributed by atoms with Crippen LogP contribution in [0.4, 0.5) is 0 Å². The van der Waals surface area contributed by atoms with Crippen molar-refractivity contribution in [3.8, 4) is 0 Å². The highest BCUT2D eigenvalue weighted by Crippen LogP contribution is 2.11. The van der Waals surface area contributed by atoms with Gasteiger partial charge in [0.15, 0.2) is 14.9 Å². The van der Waals surface area contributed by atoms with Crippen LogP contribution in [0.2, 0.25) is 0 Å². The van der Waals surface area contributed by atoms with E-state index in [1.807, 2.05) is 6.07 Å². The Kier molecular flexibility index (Phi) is 4.70. The van der Waals surface area contributed by atoms with Gasteiger partial charge >= 0.3 is 0 Å². The van der Waals surface area contributed by atoms with Crippen molar-refractivity contribution in [2.24, 2.45) is 0 Å². The molecule has 5 nitrogen and oxygen atoms in total. The van der Waals surface area contributed by atoms with E-state index in [-0.39, 0.29) is 6.54 Å². The number of hydrogen-bond acceptors (Lipinski definition) is 4. The van der Waals surface area contributed by atoms with Crippen molar-refractivity contribution in [3.05, 3.63) is 34.3 Å². The fraction of sp³-hybridized carbons (Fsp3) is 0.333. The van der Waals surface area contributed by atoms with E-state index >= 15 is 0 Å². The van der Waals surface area contributed by atoms with Crippen molar-refractivity contribution in [2.75, 3.05) is 11.3 Å². The normalized spacial score (nSPS) is 12.6. The van der Waals surface area contributed by atoms with Crippen molar-refractivity contribution in [2.45, 2.75) is 6.54 Å². The van der Waals surface area contributed by atoms with Crippen LogP contribution in [0.15, 0.2) is 28.7 Å². The van der Waals surface area contributed by atoms with Crippen LogP contribution in [0.1, 0.15) is 5.56 Å². The number of sulfone groups is 1. The largest absolute Gasteiger partial charge is 0.228 e. The van der Waals surface area contributed by atoms with Gasteiger partial charge in [-0.05, 0) is 17.7 Å². The molecule has 0 fully saturated rings. The van der Waals surface area contributed by atoms with Crippen molar-refractivity contribution in [3.63, 3.8) is 0 Å². The fourth-order valence-corrected chi connectivity index (χ4v) is 4.58. The zero-order chi connectivity index (χ0) is 13.1. The van der Waals surface area contributed by atoms with E-state index in [4.69, 9.17) is 0 Å². The SMILES string of the molecule is CS(=O)(=O)CS(=O)(=O)NCc1cccc(Br)c1. The highest BCUT2D eigenvalue weighted by molar-refractivity contribution is 9.10. The minimum Gasteiger partial charge on any atom is -0.228 e. The molecule has 17 heavy (non-hydrogen) atoms. The van der Waals surface area contributed by atoms with E-state index in [1.54, 1.807) is 18.2 Å². The molecule has 0 saturated carbocycles. The first-order chi connectivity index (χ1) is 7.68. The maximum Gasteiger partial charge on any atom is 0.226 e. The second kappa shape index (κ2) is 5.47. The van der Waals surface area contributed by atoms with Crippen LogP contribution >= 0.6 is 15.9 Å². The molecule has 0 saturated heterocycles. The Morgan fingerprint density at radius 1 is 1.24 bits per heavy atom. The third kappa shape index (κ3) is 6.16. The molecule has 96 valence electrons. The Labute approximate surface area is 109 Å². The Hall–Kier alpha value is -0.440. The molecule has 0 radical (unpaired) electrons. The summed E-state index contributed by atoms with van der Waals surface area (Å²) < 4.78 is 47.6. The second-order valence-electron chi connectivity index (χ2n) is 3.61. The van der Waals surface area contributed by atoms with Crippen LogP contribution < -0.4 is 4.72 Å². The van der Waals surface area contributed by atoms with E-state index in [9.17, 15) is 16.8 Å². The average molecular weight is 342 g/mol. The van der Waals surface area contributed by atoms with Crippen molar-refractivity contribution < 1.29 is 16.8 Å². The number of nitrogens with one attached hydrogen (secondary N) is 1. The zero-order valence-electron chi connectivity index (χ0n) is 9.05. The van der Waals surface area contributed by atoms with Crippen LogP contribution in [-0.2, 0) is 26.4 Å². The van der Waals surface area contributed by atoms with Gasteiger partial charge in [-0.2, -0.15) is 0 Å². The quantitative estimate of drug-likeness (QED) is 0.861. The van der Waals surface area contributed by atoms with Crippen molar-refractivity contribution in [1.82, 2.24) is 4.72 Å². The smallest absolute Gasteiger partial charge is 0.226 e. The topological polar surface area (TPSA) is 80.3 Å². The number of sulfonamides is 1. The van der Waals surface area contributed by atoms with Gasteiger partial charge in [0.2, 0.25) is 10.0 Å². The Bertz CT molecular complexity index is 595. The molecule has 0 atom stereocenters. The van der Waals surface area contributed by atoms with E-state index < -0.39 is 24.9 Å². The zero-order valence-corrected chi connectivity index (χ0v) is 12.3. The van der Waals surface area contributed by atoms with Gasteiger partial charge in [-0.1, -0.05) is 28.1 Å². The summed E-state index contributed by atoms with van der Waals surface area (Å²) in [6.45, 7) is 0.0668. The summed E-state index contributed by atoms with van der Waals surface area (Å²) in [5.74, 6) is 0. The monoisotopic (exact) mass is 341 g/mol. The molecule has 0 spiro atoms. The minimum atomic E-state index is -3.80. The highest BCUT2D eigenvalue weighted by atomic mass is 79.9. The van der Waals surface area contributed by atoms with Crippen molar-refractivity contribution >= 4 is 35.8 Å². The van der Waals surface area contributed by atoms with Gasteiger partial charge < -0.3 is 0 Å². The summed E-state index contributed by atoms with van der Waals surface area (Å²) in [7, 11) is -7.36. The third-order valence-electron chi connectivity index (χ3n) is 1.75. The lowest BCUT2D eigenvalue weighted by atomic mass is 10.2. The second-order valence-corrected chi connectivity index (χ2v) is 8.84. The lowest BCUT2D eigenvalue weighted by Gasteiger charge is -2.06. The molecule has 0 aliphatic heterocycles. The molecule has 0 aliphatic rings. The van der Waals surface area contributed by atoms with Gasteiger partial charge in [0.25, 0.3) is 0 Å². The van der Waals surface area contributed by atoms with Gasteiger partial charge in [0.1, 0.15) is 0 Å². The van der Waals surface area contributed by atoms with E-state index in [0.29, 0.717) is 0 Å². The first kappa shape index (κ1) is 14.6. The molecule has 0 aliphatic carbocycles. The molecule has 0 heterocycles. The first-order valence-electron chi connectivity index (χ1n) is 4.57. The molecular formula is C9H12BrNO4S2. The lowest BCUT2D eigenvalue weighted by Crippen LogP contribution is -2.29. The molecule has 0 amide bonds. The lowest BCUT2D eigenvalue weighted by molar-refractivity contribution is 0.580. The molecule has 0 aromatic heterocycles. The number of rotatable bonds is 5. The third-order valence-corrected chi connectivity index (χ3v) is 5.79. The number of halogens is 1. The number of hydrogen-bond donors (Lipinski definition) is 1. The predicted molar refractivity (Wildman–Crippen MR) is 69.6 cm³/mol. The van der Waals surface area contributed by atoms with Crippen LogP contribution in [0, 0.1) is 0 Å². The summed E-state index contributed by atoms with van der Waals surface area (Å²) in [5, 5.41) is -0.895. The highest BCUT2D eigenvalue weighted by Gasteiger charge is 2.17. The van der Waals surface area contributed by atoms with E-state index in [2.05, 4.69) is 20.7 Å². The fourth-order valence-electron chi connectivity index (χ4n) is 1.16. The van der Waals surface area contributed by atoms with Gasteiger partial charge in [-0.3, -0.25) is 0 Å². The Morgan fingerprint density at radius 2 is 1.88 bits per heavy atom. The molecule has 0 bridgehead atoms. The average Bonchev–Trinajstić information content (AvgIpc) is 2.11. The molecule has 1 N–H and O–H groups in total. The van der Waals surface area contributed by atoms with Crippen LogP contribution in [-0.4, -0.2) is 28.2 Å². The van der Waals surface area contributed by atoms with E-state index in [1.165, 1.54) is 0 Å². The summed E-state index contributed by atoms with van der Waals surface area (Å²) in [6.07, 6.45) is 0.880. The molecule has 1 rings (SSSR count). The van der Waals surface area contributed by atoms with Gasteiger partial charge in [0.05, 0.1) is 0 Å². The van der Waals surface area contributed by atoms with E-state index in [0.717, 1.165) is 16.3 Å². The number of benzene rings is 1. The van der Waals surface area contributed by atoms with Crippen LogP contribution in [0.5, 0.6) is 0 Å². The van der Waals surface area contributed by atoms with Gasteiger partial charge in [-0.25, -0.2) is 21.6 Å². The summed E-state index contributed by atoms with van der Waals surface area (Å²) in [5.41, 5.74) is 0.747. The maximum atomic E-state index is 11.4. The van der Waals surface area contributed by atoms with Crippen LogP contribution in [0.25, 0.3) is 0 Å².